The molecular weight excluding hydrogens is 745 g/mol. The fourth-order valence-corrected chi connectivity index (χ4v) is 8.09. The molecule has 0 aromatic heterocycles. The van der Waals surface area contributed by atoms with E-state index in [1.54, 1.807) is 0 Å². The van der Waals surface area contributed by atoms with E-state index in [9.17, 15) is 10.2 Å². The average molecular weight is 805 g/mol. The van der Waals surface area contributed by atoms with Gasteiger partial charge in [-0.3, -0.25) is 9.68 Å². The molecule has 10 nitrogen and oxygen atoms in total. The maximum absolute atomic E-state index is 9.61. The Bertz CT molecular complexity index is 1940. The van der Waals surface area contributed by atoms with Gasteiger partial charge in [0.2, 0.25) is 0 Å². The van der Waals surface area contributed by atoms with Gasteiger partial charge in [-0.2, -0.15) is 19.2 Å². The molecule has 2 atom stereocenters. The van der Waals surface area contributed by atoms with Gasteiger partial charge in [-0.05, 0) is 137 Å². The molecule has 6 rings (SSSR count). The van der Waals surface area contributed by atoms with E-state index in [0.717, 1.165) is 87.3 Å². The van der Waals surface area contributed by atoms with E-state index >= 15 is 0 Å². The second-order valence-corrected chi connectivity index (χ2v) is 15.3. The molecule has 0 saturated heterocycles. The third-order valence-electron chi connectivity index (χ3n) is 11.4. The van der Waals surface area contributed by atoms with Crippen molar-refractivity contribution in [1.82, 2.24) is 0 Å². The molecule has 0 heterocycles. The summed E-state index contributed by atoms with van der Waals surface area (Å²) in [6.45, 7) is 6.46. The van der Waals surface area contributed by atoms with Crippen LogP contribution in [0.4, 0.5) is 0 Å². The van der Waals surface area contributed by atoms with Crippen molar-refractivity contribution in [2.24, 2.45) is 29.5 Å². The Morgan fingerprint density at radius 1 is 0.610 bits per heavy atom. The van der Waals surface area contributed by atoms with Crippen LogP contribution in [0.5, 0.6) is 0 Å². The molecule has 4 aromatic rings. The van der Waals surface area contributed by atoms with Gasteiger partial charge in [-0.25, -0.2) is 11.8 Å². The topological polar surface area (TPSA) is 179 Å². The molecule has 0 aliphatic heterocycles. The molecule has 59 heavy (non-hydrogen) atoms. The van der Waals surface area contributed by atoms with Crippen molar-refractivity contribution >= 4 is 35.6 Å². The SMILES string of the molecule is Cc1ccc(/C=C(\c2ccccc2)C(ON)C2CCC(C)CC2)cc1CO.Cc1ccc(/C=C(\c2ccccc2)C(ON)C2CCCCC2)cc1CO.O=C=O.O=C=O. The first-order chi connectivity index (χ1) is 28.7. The van der Waals surface area contributed by atoms with Crippen molar-refractivity contribution in [3.05, 3.63) is 142 Å². The molecule has 2 aliphatic rings. The first-order valence-electron chi connectivity index (χ1n) is 20.3. The minimum atomic E-state index is -0.126. The van der Waals surface area contributed by atoms with Crippen LogP contribution >= 0.6 is 0 Å². The van der Waals surface area contributed by atoms with Crippen LogP contribution in [-0.4, -0.2) is 34.7 Å². The number of nitrogens with two attached hydrogens (primary N) is 2. The largest absolute Gasteiger partial charge is 0.392 e. The molecule has 0 spiro atoms. The van der Waals surface area contributed by atoms with Gasteiger partial charge in [0.25, 0.3) is 0 Å². The zero-order valence-electron chi connectivity index (χ0n) is 34.6. The number of hydrogen-bond donors (Lipinski definition) is 4. The second-order valence-electron chi connectivity index (χ2n) is 15.3. The summed E-state index contributed by atoms with van der Waals surface area (Å²) in [5.41, 5.74) is 10.7. The van der Waals surface area contributed by atoms with Gasteiger partial charge in [0, 0.05) is 0 Å². The smallest absolute Gasteiger partial charge is 0.373 e. The molecule has 6 N–H and O–H groups in total. The summed E-state index contributed by atoms with van der Waals surface area (Å²) in [7, 11) is 0. The van der Waals surface area contributed by atoms with Gasteiger partial charge in [-0.15, -0.1) is 0 Å². The zero-order chi connectivity index (χ0) is 43.0. The van der Waals surface area contributed by atoms with Crippen LogP contribution in [0.25, 0.3) is 23.3 Å². The number of aryl methyl sites for hydroxylation is 2. The average Bonchev–Trinajstić information content (AvgIpc) is 3.27. The Morgan fingerprint density at radius 3 is 1.34 bits per heavy atom. The van der Waals surface area contributed by atoms with Crippen molar-refractivity contribution in [3.8, 4) is 0 Å². The minimum Gasteiger partial charge on any atom is -0.392 e. The predicted molar refractivity (Wildman–Crippen MR) is 229 cm³/mol. The molecule has 10 heteroatoms. The fourth-order valence-electron chi connectivity index (χ4n) is 8.09. The Morgan fingerprint density at radius 2 is 0.983 bits per heavy atom. The third kappa shape index (κ3) is 15.2. The number of benzene rings is 4. The fraction of sp³-hybridized carbons (Fsp3) is 0.388. The Labute approximate surface area is 348 Å². The summed E-state index contributed by atoms with van der Waals surface area (Å²) < 4.78 is 0. The van der Waals surface area contributed by atoms with Crippen molar-refractivity contribution in [2.75, 3.05) is 0 Å². The van der Waals surface area contributed by atoms with Gasteiger partial charge in [-0.1, -0.05) is 124 Å². The van der Waals surface area contributed by atoms with E-state index in [0.29, 0.717) is 11.8 Å². The van der Waals surface area contributed by atoms with Gasteiger partial charge in [0.1, 0.15) is 12.2 Å². The van der Waals surface area contributed by atoms with E-state index in [2.05, 4.69) is 73.7 Å². The van der Waals surface area contributed by atoms with Crippen LogP contribution in [-0.2, 0) is 42.1 Å². The lowest BCUT2D eigenvalue weighted by Crippen LogP contribution is -2.31. The number of aliphatic hydroxyl groups is 2. The highest BCUT2D eigenvalue weighted by Crippen LogP contribution is 2.38. The molecule has 0 amide bonds. The van der Waals surface area contributed by atoms with Crippen LogP contribution in [0.1, 0.15) is 109 Å². The lowest BCUT2D eigenvalue weighted by Gasteiger charge is -2.33. The quantitative estimate of drug-likeness (QED) is 0.0799. The molecule has 2 aliphatic carbocycles. The van der Waals surface area contributed by atoms with Crippen LogP contribution in [0.2, 0.25) is 0 Å². The third-order valence-corrected chi connectivity index (χ3v) is 11.4. The highest BCUT2D eigenvalue weighted by Gasteiger charge is 2.30. The highest BCUT2D eigenvalue weighted by atomic mass is 16.6. The lowest BCUT2D eigenvalue weighted by molar-refractivity contribution is -0.193. The monoisotopic (exact) mass is 804 g/mol. The molecule has 2 fully saturated rings. The summed E-state index contributed by atoms with van der Waals surface area (Å²) in [6.07, 6.45) is 15.4. The summed E-state index contributed by atoms with van der Waals surface area (Å²) >= 11 is 0. The second kappa shape index (κ2) is 26.8. The van der Waals surface area contributed by atoms with E-state index < -0.39 is 0 Å². The van der Waals surface area contributed by atoms with Crippen molar-refractivity contribution in [2.45, 2.75) is 104 Å². The van der Waals surface area contributed by atoms with E-state index in [4.69, 9.17) is 40.6 Å². The van der Waals surface area contributed by atoms with Crippen molar-refractivity contribution in [3.63, 3.8) is 0 Å². The Kier molecular flexibility index (Phi) is 21.9. The van der Waals surface area contributed by atoms with Crippen LogP contribution in [0.15, 0.2) is 97.1 Å². The van der Waals surface area contributed by atoms with Crippen LogP contribution in [0, 0.1) is 31.6 Å². The van der Waals surface area contributed by atoms with E-state index in [1.807, 2.05) is 56.3 Å². The van der Waals surface area contributed by atoms with E-state index in [-0.39, 0.29) is 37.7 Å². The number of carbonyl (C=O) groups excluding carboxylic acids is 4. The molecule has 2 unspecified atom stereocenters. The maximum atomic E-state index is 9.61. The minimum absolute atomic E-state index is 0.0471. The lowest BCUT2D eigenvalue weighted by atomic mass is 9.77. The Balaban J connectivity index is 0.000000278. The first kappa shape index (κ1) is 48.3. The first-order valence-corrected chi connectivity index (χ1v) is 20.3. The normalized spacial score (nSPS) is 17.9. The standard InChI is InChI=1S/C24H31NO2.C23H29NO2.2CO2/c1-17-8-12-21(13-9-17)24(27-25)23(20-6-4-3-5-7-20)15-19-11-10-18(2)22(14-19)16-26;1-17-12-13-18(14-21(17)16-25)15-22(19-8-4-2-5-9-19)23(26-24)20-10-6-3-7-11-20;2*2-1-3/h3-7,10-11,14-15,17,21,24,26H,8-9,12-13,16,25H2,1-2H3;2,4-5,8-9,12-15,20,23,25H,3,6-7,10-11,16,24H2,1H3;;/b23-15+;22-15+;;. The predicted octanol–water partition coefficient (Wildman–Crippen LogP) is 8.81. The molecular formula is C49H60N2O8. The van der Waals surface area contributed by atoms with Gasteiger partial charge >= 0.3 is 12.3 Å². The summed E-state index contributed by atoms with van der Waals surface area (Å²) in [5.74, 6) is 13.3. The molecule has 314 valence electrons. The molecule has 4 aromatic carbocycles. The van der Waals surface area contributed by atoms with Crippen LogP contribution in [0.3, 0.4) is 0 Å². The zero-order valence-corrected chi connectivity index (χ0v) is 34.6. The van der Waals surface area contributed by atoms with Crippen LogP contribution < -0.4 is 11.8 Å². The number of rotatable bonds is 12. The highest BCUT2D eigenvalue weighted by molar-refractivity contribution is 5.85. The van der Waals surface area contributed by atoms with Crippen molar-refractivity contribution < 1.29 is 39.1 Å². The summed E-state index contributed by atoms with van der Waals surface area (Å²) in [6, 6.07) is 33.1. The van der Waals surface area contributed by atoms with Gasteiger partial charge in [0.05, 0.1) is 13.2 Å². The maximum Gasteiger partial charge on any atom is 0.373 e. The molecule has 0 bridgehead atoms. The van der Waals surface area contributed by atoms with Crippen molar-refractivity contribution in [1.29, 1.82) is 0 Å². The molecule has 2 saturated carbocycles. The summed E-state index contributed by atoms with van der Waals surface area (Å²) in [5, 5.41) is 19.2. The Hall–Kier alpha value is -5.12. The van der Waals surface area contributed by atoms with Gasteiger partial charge in [0.15, 0.2) is 0 Å². The number of hydrogen-bond acceptors (Lipinski definition) is 10. The number of aliphatic hydroxyl groups excluding tert-OH is 2. The van der Waals surface area contributed by atoms with Gasteiger partial charge < -0.3 is 10.2 Å². The molecule has 0 radical (unpaired) electrons. The van der Waals surface area contributed by atoms with E-state index in [1.165, 1.54) is 32.1 Å². The summed E-state index contributed by atoms with van der Waals surface area (Å²) in [4.78, 5) is 43.6.